The number of hydrogen-bond donors (Lipinski definition) is 2. The molecule has 0 rings (SSSR count). The van der Waals surface area contributed by atoms with Gasteiger partial charge >= 0.3 is 23.1 Å². The second-order valence-electron chi connectivity index (χ2n) is 2.82. The molecule has 19 heavy (non-hydrogen) atoms. The zero-order valence-electron chi connectivity index (χ0n) is 9.51. The average molecular weight is 331 g/mol. The van der Waals surface area contributed by atoms with Crippen molar-refractivity contribution in [1.29, 1.82) is 0 Å². The summed E-state index contributed by atoms with van der Waals surface area (Å²) in [7, 11) is -8.28. The normalized spacial score (nSPS) is 10.6. The summed E-state index contributed by atoms with van der Waals surface area (Å²) in [6.07, 6.45) is -1.34. The molecule has 0 heterocycles. The summed E-state index contributed by atoms with van der Waals surface area (Å²) in [5, 5.41) is 19.1. The van der Waals surface area contributed by atoms with Crippen LogP contribution in [-0.4, -0.2) is 72.4 Å². The molecule has 0 aromatic carbocycles. The van der Waals surface area contributed by atoms with Crippen molar-refractivity contribution in [3.05, 3.63) is 0 Å². The first-order chi connectivity index (χ1) is 7.83. The van der Waals surface area contributed by atoms with Gasteiger partial charge in [-0.05, 0) is 0 Å². The van der Waals surface area contributed by atoms with E-state index in [4.69, 9.17) is 9.11 Å². The molecule has 0 aromatic heterocycles. The number of carboxylic acids is 2. The van der Waals surface area contributed by atoms with E-state index < -0.39 is 56.5 Å². The van der Waals surface area contributed by atoms with Crippen LogP contribution in [0.5, 0.6) is 0 Å². The summed E-state index contributed by atoms with van der Waals surface area (Å²) < 4.78 is 55.1. The van der Waals surface area contributed by atoms with Crippen molar-refractivity contribution in [2.75, 3.05) is 11.5 Å². The first-order valence-electron chi connectivity index (χ1n) is 4.13. The predicted molar refractivity (Wildman–Crippen MR) is 57.8 cm³/mol. The van der Waals surface area contributed by atoms with Gasteiger partial charge in [-0.15, -0.1) is 0 Å². The Balaban J connectivity index is -0.000000256. The molecule has 0 fully saturated rings. The Morgan fingerprint density at radius 1 is 0.789 bits per heavy atom. The number of rotatable bonds is 6. The van der Waals surface area contributed by atoms with Gasteiger partial charge in [0.25, 0.3) is 20.2 Å². The van der Waals surface area contributed by atoms with E-state index in [1.165, 1.54) is 0 Å². The van der Waals surface area contributed by atoms with Crippen molar-refractivity contribution in [3.8, 4) is 0 Å². The molecule has 0 unspecified atom stereocenters. The minimum absolute atomic E-state index is 0. The fraction of sp³-hybridized carbons (Fsp3) is 0.667. The van der Waals surface area contributed by atoms with Crippen molar-refractivity contribution in [2.45, 2.75) is 12.8 Å². The first-order valence-corrected chi connectivity index (χ1v) is 7.35. The Kier molecular flexibility index (Phi) is 12.8. The fourth-order valence-electron chi connectivity index (χ4n) is 0.425. The second kappa shape index (κ2) is 10.3. The minimum atomic E-state index is -4.14. The van der Waals surface area contributed by atoms with E-state index in [9.17, 15) is 36.6 Å². The van der Waals surface area contributed by atoms with Gasteiger partial charge in [-0.3, -0.25) is 9.11 Å². The molecule has 0 aliphatic carbocycles. The Morgan fingerprint density at radius 2 is 1.00 bits per heavy atom. The number of hydrogen-bond acceptors (Lipinski definition) is 8. The molecular weight excluding hydrogens is 320 g/mol. The van der Waals surface area contributed by atoms with Gasteiger partial charge < -0.3 is 19.8 Å². The number of carbonyl (C=O) groups is 2. The van der Waals surface area contributed by atoms with Gasteiger partial charge in [0.2, 0.25) is 0 Å². The molecule has 0 amide bonds. The predicted octanol–water partition coefficient (Wildman–Crippen LogP) is -4.35. The molecule has 10 nitrogen and oxygen atoms in total. The van der Waals surface area contributed by atoms with E-state index >= 15 is 0 Å². The van der Waals surface area contributed by atoms with Crippen LogP contribution in [0.15, 0.2) is 0 Å². The Labute approximate surface area is 125 Å². The van der Waals surface area contributed by atoms with Crippen molar-refractivity contribution >= 4 is 55.2 Å². The maximum atomic E-state index is 9.80. The third-order valence-corrected chi connectivity index (χ3v) is 2.57. The third-order valence-electron chi connectivity index (χ3n) is 1.13. The molecule has 0 aliphatic heterocycles. The van der Waals surface area contributed by atoms with Crippen LogP contribution in [0.3, 0.4) is 0 Å². The number of carbonyl (C=O) groups excluding carboxylic acids is 2. The molecule has 0 aromatic rings. The van der Waals surface area contributed by atoms with Gasteiger partial charge in [0, 0.05) is 24.8 Å². The van der Waals surface area contributed by atoms with E-state index in [0.717, 1.165) is 0 Å². The molecule has 0 bridgehead atoms. The van der Waals surface area contributed by atoms with Crippen LogP contribution in [-0.2, 0) is 29.8 Å². The van der Waals surface area contributed by atoms with E-state index in [0.29, 0.717) is 0 Å². The summed E-state index contributed by atoms with van der Waals surface area (Å²) >= 11 is 0. The van der Waals surface area contributed by atoms with Crippen LogP contribution < -0.4 is 10.2 Å². The maximum Gasteiger partial charge on any atom is 2.00 e. The molecular formula is C6H10MgO10S2. The molecule has 0 aliphatic rings. The van der Waals surface area contributed by atoms with Crippen molar-refractivity contribution in [2.24, 2.45) is 0 Å². The summed E-state index contributed by atoms with van der Waals surface area (Å²) in [5.74, 6) is -4.55. The van der Waals surface area contributed by atoms with Crippen LogP contribution in [0, 0.1) is 0 Å². The number of aliphatic carboxylic acids is 2. The van der Waals surface area contributed by atoms with Crippen LogP contribution >= 0.6 is 0 Å². The van der Waals surface area contributed by atoms with Gasteiger partial charge in [-0.2, -0.15) is 16.8 Å². The fourth-order valence-corrected chi connectivity index (χ4v) is 1.27. The van der Waals surface area contributed by atoms with Gasteiger partial charge in [0.15, 0.2) is 0 Å². The largest absolute Gasteiger partial charge is 2.00 e. The Morgan fingerprint density at radius 3 is 1.05 bits per heavy atom. The summed E-state index contributed by atoms with van der Waals surface area (Å²) in [6, 6.07) is 0. The summed E-state index contributed by atoms with van der Waals surface area (Å²) in [6.45, 7) is 0. The summed E-state index contributed by atoms with van der Waals surface area (Å²) in [4.78, 5) is 19.1. The molecule has 0 radical (unpaired) electrons. The summed E-state index contributed by atoms with van der Waals surface area (Å²) in [5.41, 5.74) is 0. The van der Waals surface area contributed by atoms with Crippen molar-refractivity contribution in [3.63, 3.8) is 0 Å². The van der Waals surface area contributed by atoms with Crippen LogP contribution in [0.4, 0.5) is 0 Å². The molecule has 0 spiro atoms. The van der Waals surface area contributed by atoms with Gasteiger partial charge in [0.05, 0.1) is 11.5 Å². The van der Waals surface area contributed by atoms with Gasteiger partial charge in [-0.1, -0.05) is 0 Å². The van der Waals surface area contributed by atoms with Crippen LogP contribution in [0.2, 0.25) is 0 Å². The quantitative estimate of drug-likeness (QED) is 0.355. The minimum Gasteiger partial charge on any atom is -0.550 e. The standard InChI is InChI=1S/2C3H6O5S.Mg/c2*4-3(5)1-2-9(6,7)8;/h2*1-2H2,(H,4,5)(H,6,7,8);/q;;+2/p-2. The molecule has 0 saturated carbocycles. The van der Waals surface area contributed by atoms with Crippen LogP contribution in [0.1, 0.15) is 12.8 Å². The van der Waals surface area contributed by atoms with E-state index in [1.807, 2.05) is 0 Å². The third kappa shape index (κ3) is 31.8. The molecule has 0 saturated heterocycles. The SMILES string of the molecule is O=C([O-])CCS(=O)(=O)O.O=C([O-])CCS(=O)(=O)O.[Mg+2]. The van der Waals surface area contributed by atoms with E-state index in [1.54, 1.807) is 0 Å². The molecule has 2 N–H and O–H groups in total. The molecule has 13 heteroatoms. The van der Waals surface area contributed by atoms with Gasteiger partial charge in [0.1, 0.15) is 0 Å². The smallest absolute Gasteiger partial charge is 0.550 e. The Bertz CT molecular complexity index is 432. The average Bonchev–Trinajstić information content (AvgIpc) is 2.10. The van der Waals surface area contributed by atoms with Crippen molar-refractivity contribution < 1.29 is 45.7 Å². The van der Waals surface area contributed by atoms with Crippen LogP contribution in [0.25, 0.3) is 0 Å². The van der Waals surface area contributed by atoms with Crippen molar-refractivity contribution in [1.82, 2.24) is 0 Å². The zero-order valence-corrected chi connectivity index (χ0v) is 12.6. The van der Waals surface area contributed by atoms with Gasteiger partial charge in [-0.25, -0.2) is 0 Å². The Hall–Kier alpha value is -0.474. The second-order valence-corrected chi connectivity index (χ2v) is 5.96. The molecule has 0 atom stereocenters. The zero-order chi connectivity index (χ0) is 15.0. The molecule has 108 valence electrons. The monoisotopic (exact) mass is 330 g/mol. The topological polar surface area (TPSA) is 189 Å². The maximum absolute atomic E-state index is 9.80. The first kappa shape index (κ1) is 23.6. The number of carboxylic acid groups (broad SMARTS) is 2. The van der Waals surface area contributed by atoms with E-state index in [2.05, 4.69) is 0 Å². The van der Waals surface area contributed by atoms with E-state index in [-0.39, 0.29) is 23.1 Å².